The number of amides is 2. The minimum Gasteiger partial charge on any atom is -0.369 e. The van der Waals surface area contributed by atoms with Crippen LogP contribution in [0.4, 0.5) is 0 Å². The molecule has 1 saturated carbocycles. The molecule has 2 rings (SSSR count). The number of nitrogens with one attached hydrogen (secondary N) is 1. The van der Waals surface area contributed by atoms with E-state index in [2.05, 4.69) is 12.2 Å². The molecule has 2 amide bonds. The van der Waals surface area contributed by atoms with Crippen molar-refractivity contribution in [1.82, 2.24) is 10.2 Å². The predicted octanol–water partition coefficient (Wildman–Crippen LogP) is 2.10. The van der Waals surface area contributed by atoms with Gasteiger partial charge in [0.05, 0.1) is 0 Å². The van der Waals surface area contributed by atoms with Crippen molar-refractivity contribution in [2.24, 2.45) is 5.92 Å². The van der Waals surface area contributed by atoms with Crippen LogP contribution in [0.3, 0.4) is 0 Å². The first-order valence-corrected chi connectivity index (χ1v) is 8.82. The number of hydrogen-bond acceptors (Lipinski definition) is 3. The van der Waals surface area contributed by atoms with Crippen molar-refractivity contribution in [2.45, 2.75) is 70.9 Å². The summed E-state index contributed by atoms with van der Waals surface area (Å²) in [6.45, 7) is 6.35. The fourth-order valence-corrected chi connectivity index (χ4v) is 3.33. The molecule has 0 unspecified atom stereocenters. The van der Waals surface area contributed by atoms with Crippen LogP contribution in [0.2, 0.25) is 0 Å². The highest BCUT2D eigenvalue weighted by molar-refractivity contribution is 5.82. The Kier molecular flexibility index (Phi) is 6.68. The van der Waals surface area contributed by atoms with Crippen molar-refractivity contribution in [3.63, 3.8) is 0 Å². The molecule has 22 heavy (non-hydrogen) atoms. The Hall–Kier alpha value is -1.10. The number of carbonyl (C=O) groups is 2. The van der Waals surface area contributed by atoms with Crippen LogP contribution < -0.4 is 5.32 Å². The smallest absolute Gasteiger partial charge is 0.249 e. The molecule has 5 heteroatoms. The molecule has 1 aliphatic heterocycles. The van der Waals surface area contributed by atoms with E-state index in [0.29, 0.717) is 12.5 Å². The van der Waals surface area contributed by atoms with Crippen molar-refractivity contribution in [3.8, 4) is 0 Å². The predicted molar refractivity (Wildman–Crippen MR) is 85.4 cm³/mol. The second kappa shape index (κ2) is 8.51. The monoisotopic (exact) mass is 310 g/mol. The van der Waals surface area contributed by atoms with Gasteiger partial charge in [0.1, 0.15) is 6.10 Å². The third kappa shape index (κ3) is 4.70. The van der Waals surface area contributed by atoms with Crippen LogP contribution in [0.5, 0.6) is 0 Å². The van der Waals surface area contributed by atoms with Gasteiger partial charge in [-0.3, -0.25) is 9.59 Å². The number of likely N-dealkylation sites (tertiary alicyclic amines) is 1. The number of ether oxygens (including phenoxy) is 1. The van der Waals surface area contributed by atoms with Crippen molar-refractivity contribution < 1.29 is 14.3 Å². The van der Waals surface area contributed by atoms with E-state index in [1.165, 1.54) is 0 Å². The second-order valence-electron chi connectivity index (χ2n) is 6.61. The highest BCUT2D eigenvalue weighted by Gasteiger charge is 2.34. The molecule has 0 aromatic carbocycles. The molecule has 5 nitrogen and oxygen atoms in total. The van der Waals surface area contributed by atoms with Crippen molar-refractivity contribution >= 4 is 11.8 Å². The first-order valence-electron chi connectivity index (χ1n) is 8.82. The highest BCUT2D eigenvalue weighted by atomic mass is 16.5. The van der Waals surface area contributed by atoms with Crippen LogP contribution in [0.15, 0.2) is 0 Å². The van der Waals surface area contributed by atoms with Gasteiger partial charge < -0.3 is 15.0 Å². The van der Waals surface area contributed by atoms with Gasteiger partial charge in [-0.05, 0) is 45.4 Å². The molecule has 0 spiro atoms. The summed E-state index contributed by atoms with van der Waals surface area (Å²) in [5.74, 6) is 0.344. The van der Waals surface area contributed by atoms with Crippen molar-refractivity contribution in [1.29, 1.82) is 0 Å². The van der Waals surface area contributed by atoms with E-state index in [4.69, 9.17) is 4.74 Å². The van der Waals surface area contributed by atoms with E-state index in [0.717, 1.165) is 58.0 Å². The third-order valence-electron chi connectivity index (χ3n) is 4.78. The summed E-state index contributed by atoms with van der Waals surface area (Å²) >= 11 is 0. The Balaban J connectivity index is 1.71. The molecular formula is C17H30N2O3. The zero-order chi connectivity index (χ0) is 15.9. The first-order chi connectivity index (χ1) is 10.6. The van der Waals surface area contributed by atoms with Crippen LogP contribution in [0.25, 0.3) is 0 Å². The minimum absolute atomic E-state index is 0.0459. The van der Waals surface area contributed by atoms with Gasteiger partial charge in [0, 0.05) is 31.7 Å². The Morgan fingerprint density at radius 1 is 1.27 bits per heavy atom. The molecule has 2 aliphatic rings. The van der Waals surface area contributed by atoms with Crippen LogP contribution in [0, 0.1) is 5.92 Å². The van der Waals surface area contributed by atoms with Crippen LogP contribution >= 0.6 is 0 Å². The van der Waals surface area contributed by atoms with Gasteiger partial charge in [0.25, 0.3) is 0 Å². The molecule has 1 saturated heterocycles. The highest BCUT2D eigenvalue weighted by Crippen LogP contribution is 2.28. The summed E-state index contributed by atoms with van der Waals surface area (Å²) in [5, 5.41) is 3.05. The number of unbranched alkanes of at least 4 members (excludes halogenated alkanes) is 1. The van der Waals surface area contributed by atoms with Crippen LogP contribution in [0.1, 0.15) is 58.8 Å². The minimum atomic E-state index is -0.403. The Morgan fingerprint density at radius 3 is 2.68 bits per heavy atom. The molecule has 0 bridgehead atoms. The summed E-state index contributed by atoms with van der Waals surface area (Å²) in [5.41, 5.74) is 0. The lowest BCUT2D eigenvalue weighted by Crippen LogP contribution is -2.41. The average molecular weight is 310 g/mol. The zero-order valence-corrected chi connectivity index (χ0v) is 14.0. The molecule has 0 radical (unpaired) electrons. The van der Waals surface area contributed by atoms with Crippen molar-refractivity contribution in [3.05, 3.63) is 0 Å². The number of nitrogens with zero attached hydrogens (tertiary/aromatic N) is 1. The quantitative estimate of drug-likeness (QED) is 0.733. The maximum Gasteiger partial charge on any atom is 0.249 e. The molecule has 1 aliphatic carbocycles. The lowest BCUT2D eigenvalue weighted by molar-refractivity contribution is -0.135. The van der Waals surface area contributed by atoms with Crippen LogP contribution in [-0.4, -0.2) is 48.6 Å². The van der Waals surface area contributed by atoms with E-state index < -0.39 is 6.10 Å². The van der Waals surface area contributed by atoms with E-state index >= 15 is 0 Å². The average Bonchev–Trinajstić information content (AvgIpc) is 3.18. The molecule has 0 aromatic rings. The van der Waals surface area contributed by atoms with E-state index in [9.17, 15) is 9.59 Å². The summed E-state index contributed by atoms with van der Waals surface area (Å²) in [6, 6.07) is 0.126. The van der Waals surface area contributed by atoms with E-state index in [-0.39, 0.29) is 17.9 Å². The van der Waals surface area contributed by atoms with Gasteiger partial charge in [-0.1, -0.05) is 13.3 Å². The standard InChI is InChI=1S/C17H30N2O3/c1-3-4-11-22-13(2)16(20)18-15-8-7-14(12-15)17(21)19-9-5-6-10-19/h13-15H,3-12H2,1-2H3,(H,18,20)/t13-,14-,15+/m1/s1. The van der Waals surface area contributed by atoms with Gasteiger partial charge in [0.15, 0.2) is 0 Å². The van der Waals surface area contributed by atoms with Crippen molar-refractivity contribution in [2.75, 3.05) is 19.7 Å². The largest absolute Gasteiger partial charge is 0.369 e. The Bertz CT molecular complexity index is 380. The summed E-state index contributed by atoms with van der Waals surface area (Å²) in [4.78, 5) is 26.5. The van der Waals surface area contributed by atoms with Gasteiger partial charge in [-0.2, -0.15) is 0 Å². The molecule has 1 N–H and O–H groups in total. The maximum absolute atomic E-state index is 12.4. The topological polar surface area (TPSA) is 58.6 Å². The fraction of sp³-hybridized carbons (Fsp3) is 0.882. The maximum atomic E-state index is 12.4. The second-order valence-corrected chi connectivity index (χ2v) is 6.61. The van der Waals surface area contributed by atoms with Gasteiger partial charge in [0.2, 0.25) is 11.8 Å². The molecule has 2 fully saturated rings. The molecule has 3 atom stereocenters. The van der Waals surface area contributed by atoms with Gasteiger partial charge in [-0.25, -0.2) is 0 Å². The molecule has 0 aromatic heterocycles. The lowest BCUT2D eigenvalue weighted by atomic mass is 10.1. The summed E-state index contributed by atoms with van der Waals surface area (Å²) < 4.78 is 5.52. The number of rotatable bonds is 7. The first kappa shape index (κ1) is 17.3. The van der Waals surface area contributed by atoms with Crippen LogP contribution in [-0.2, 0) is 14.3 Å². The SMILES string of the molecule is CCCCO[C@H](C)C(=O)N[C@H]1CC[C@@H](C(=O)N2CCCC2)C1. The Morgan fingerprint density at radius 2 is 2.00 bits per heavy atom. The lowest BCUT2D eigenvalue weighted by Gasteiger charge is -2.20. The normalized spacial score (nSPS) is 26.2. The Labute approximate surface area is 133 Å². The molecular weight excluding hydrogens is 280 g/mol. The number of carbonyl (C=O) groups excluding carboxylic acids is 2. The fourth-order valence-electron chi connectivity index (χ4n) is 3.33. The van der Waals surface area contributed by atoms with Gasteiger partial charge >= 0.3 is 0 Å². The van der Waals surface area contributed by atoms with E-state index in [1.54, 1.807) is 6.92 Å². The summed E-state index contributed by atoms with van der Waals surface area (Å²) in [6.07, 6.45) is 6.48. The third-order valence-corrected chi connectivity index (χ3v) is 4.78. The number of hydrogen-bond donors (Lipinski definition) is 1. The van der Waals surface area contributed by atoms with E-state index in [1.807, 2.05) is 4.90 Å². The molecule has 1 heterocycles. The zero-order valence-electron chi connectivity index (χ0n) is 14.0. The summed E-state index contributed by atoms with van der Waals surface area (Å²) in [7, 11) is 0. The van der Waals surface area contributed by atoms with Gasteiger partial charge in [-0.15, -0.1) is 0 Å². The molecule has 126 valence electrons.